The van der Waals surface area contributed by atoms with Gasteiger partial charge < -0.3 is 9.64 Å². The Hall–Kier alpha value is -1.32. The SMILES string of the molecule is CCCCOc1c(N(CC)CCC)c(=O)c1=O. The number of nitrogens with zero attached hydrogens (tertiary/aromatic N) is 1. The first-order valence-corrected chi connectivity index (χ1v) is 6.38. The third kappa shape index (κ3) is 2.87. The van der Waals surface area contributed by atoms with Crippen LogP contribution in [0.1, 0.15) is 40.0 Å². The lowest BCUT2D eigenvalue weighted by atomic mass is 10.2. The smallest absolute Gasteiger partial charge is 0.272 e. The summed E-state index contributed by atoms with van der Waals surface area (Å²) in [4.78, 5) is 24.9. The summed E-state index contributed by atoms with van der Waals surface area (Å²) in [6, 6.07) is 0. The summed E-state index contributed by atoms with van der Waals surface area (Å²) in [7, 11) is 0. The zero-order valence-electron chi connectivity index (χ0n) is 10.9. The molecule has 0 aliphatic heterocycles. The molecule has 4 nitrogen and oxygen atoms in total. The van der Waals surface area contributed by atoms with E-state index in [9.17, 15) is 9.59 Å². The zero-order valence-corrected chi connectivity index (χ0v) is 10.9. The average molecular weight is 239 g/mol. The lowest BCUT2D eigenvalue weighted by Crippen LogP contribution is -2.41. The standard InChI is InChI=1S/C13H21NO3/c1-4-7-9-17-13-10(11(15)12(13)16)14(6-3)8-5-2/h4-9H2,1-3H3. The van der Waals surface area contributed by atoms with E-state index in [1.807, 2.05) is 18.7 Å². The van der Waals surface area contributed by atoms with Crippen molar-refractivity contribution < 1.29 is 4.74 Å². The third-order valence-electron chi connectivity index (χ3n) is 2.78. The van der Waals surface area contributed by atoms with Crippen molar-refractivity contribution in [1.82, 2.24) is 0 Å². The van der Waals surface area contributed by atoms with Gasteiger partial charge in [0.25, 0.3) is 10.9 Å². The van der Waals surface area contributed by atoms with Crippen LogP contribution in [0.3, 0.4) is 0 Å². The van der Waals surface area contributed by atoms with E-state index in [-0.39, 0.29) is 5.75 Å². The minimum Gasteiger partial charge on any atom is -0.487 e. The van der Waals surface area contributed by atoms with Crippen LogP contribution in [0.5, 0.6) is 5.75 Å². The number of anilines is 1. The fraction of sp³-hybridized carbons (Fsp3) is 0.692. The molecule has 4 heteroatoms. The molecule has 0 spiro atoms. The molecule has 0 saturated carbocycles. The topological polar surface area (TPSA) is 46.6 Å². The molecule has 0 bridgehead atoms. The summed E-state index contributed by atoms with van der Waals surface area (Å²) in [5.41, 5.74) is -0.382. The third-order valence-corrected chi connectivity index (χ3v) is 2.78. The summed E-state index contributed by atoms with van der Waals surface area (Å²) in [5.74, 6) is 0.277. The van der Waals surface area contributed by atoms with Crippen LogP contribution in [0.25, 0.3) is 0 Å². The monoisotopic (exact) mass is 239 g/mol. The summed E-state index contributed by atoms with van der Waals surface area (Å²) in [5, 5.41) is 0. The van der Waals surface area contributed by atoms with Crippen molar-refractivity contribution in [1.29, 1.82) is 0 Å². The molecule has 0 atom stereocenters. The molecule has 0 fully saturated rings. The van der Waals surface area contributed by atoms with Crippen LogP contribution in [0.2, 0.25) is 0 Å². The first-order valence-electron chi connectivity index (χ1n) is 6.38. The van der Waals surface area contributed by atoms with Crippen LogP contribution in [0.4, 0.5) is 5.69 Å². The number of unbranched alkanes of at least 4 members (excludes halogenated alkanes) is 1. The number of hydrogen-bond donors (Lipinski definition) is 0. The second kappa shape index (κ2) is 6.42. The van der Waals surface area contributed by atoms with E-state index in [0.717, 1.165) is 32.4 Å². The van der Waals surface area contributed by atoms with Crippen molar-refractivity contribution in [2.24, 2.45) is 0 Å². The molecule has 0 unspecified atom stereocenters. The maximum Gasteiger partial charge on any atom is 0.272 e. The Kier molecular flexibility index (Phi) is 5.19. The highest BCUT2D eigenvalue weighted by atomic mass is 16.5. The van der Waals surface area contributed by atoms with Gasteiger partial charge >= 0.3 is 0 Å². The van der Waals surface area contributed by atoms with Gasteiger partial charge in [-0.25, -0.2) is 0 Å². The average Bonchev–Trinajstić information content (AvgIpc) is 2.35. The van der Waals surface area contributed by atoms with Gasteiger partial charge in [-0.2, -0.15) is 0 Å². The van der Waals surface area contributed by atoms with Crippen molar-refractivity contribution in [2.45, 2.75) is 40.0 Å². The first kappa shape index (κ1) is 13.7. The lowest BCUT2D eigenvalue weighted by Gasteiger charge is -2.25. The van der Waals surface area contributed by atoms with Crippen molar-refractivity contribution in [3.63, 3.8) is 0 Å². The molecule has 1 rings (SSSR count). The number of ether oxygens (including phenoxy) is 1. The van der Waals surface area contributed by atoms with E-state index in [1.54, 1.807) is 0 Å². The van der Waals surface area contributed by atoms with Crippen molar-refractivity contribution in [3.8, 4) is 5.75 Å². The van der Waals surface area contributed by atoms with Crippen LogP contribution in [-0.4, -0.2) is 19.7 Å². The van der Waals surface area contributed by atoms with E-state index in [0.29, 0.717) is 12.3 Å². The molecule has 0 aliphatic rings. The Balaban J connectivity index is 2.80. The lowest BCUT2D eigenvalue weighted by molar-refractivity contribution is 0.303. The van der Waals surface area contributed by atoms with Crippen LogP contribution in [-0.2, 0) is 0 Å². The Morgan fingerprint density at radius 2 is 1.76 bits per heavy atom. The molecular weight excluding hydrogens is 218 g/mol. The molecule has 0 saturated heterocycles. The van der Waals surface area contributed by atoms with Gasteiger partial charge in [-0.3, -0.25) is 9.59 Å². The second-order valence-electron chi connectivity index (χ2n) is 4.12. The molecule has 0 radical (unpaired) electrons. The van der Waals surface area contributed by atoms with E-state index >= 15 is 0 Å². The quantitative estimate of drug-likeness (QED) is 0.511. The van der Waals surface area contributed by atoms with Crippen LogP contribution < -0.4 is 20.5 Å². The predicted octanol–water partition coefficient (Wildman–Crippen LogP) is 1.70. The molecular formula is C13H21NO3. The summed E-state index contributed by atoms with van der Waals surface area (Å²) in [6.07, 6.45) is 2.86. The van der Waals surface area contributed by atoms with Crippen LogP contribution >= 0.6 is 0 Å². The van der Waals surface area contributed by atoms with Gasteiger partial charge in [-0.05, 0) is 19.8 Å². The summed E-state index contributed by atoms with van der Waals surface area (Å²) >= 11 is 0. The van der Waals surface area contributed by atoms with Crippen LogP contribution in [0, 0.1) is 0 Å². The minimum absolute atomic E-state index is 0.277. The Bertz CT molecular complexity index is 418. The van der Waals surface area contributed by atoms with Crippen molar-refractivity contribution in [2.75, 3.05) is 24.6 Å². The van der Waals surface area contributed by atoms with Gasteiger partial charge in [0.1, 0.15) is 5.69 Å². The van der Waals surface area contributed by atoms with Crippen molar-refractivity contribution in [3.05, 3.63) is 20.4 Å². The normalized spacial score (nSPS) is 10.8. The molecule has 0 N–H and O–H groups in total. The van der Waals surface area contributed by atoms with Gasteiger partial charge in [0.05, 0.1) is 6.61 Å². The van der Waals surface area contributed by atoms with E-state index < -0.39 is 10.9 Å². The summed E-state index contributed by atoms with van der Waals surface area (Å²) < 4.78 is 5.41. The highest BCUT2D eigenvalue weighted by molar-refractivity contribution is 5.63. The minimum atomic E-state index is -0.467. The molecule has 0 aromatic heterocycles. The molecule has 96 valence electrons. The molecule has 0 amide bonds. The van der Waals surface area contributed by atoms with Gasteiger partial charge in [-0.1, -0.05) is 20.3 Å². The number of hydrogen-bond acceptors (Lipinski definition) is 4. The molecule has 17 heavy (non-hydrogen) atoms. The van der Waals surface area contributed by atoms with Gasteiger partial charge in [0, 0.05) is 13.1 Å². The largest absolute Gasteiger partial charge is 0.487 e. The Morgan fingerprint density at radius 3 is 2.29 bits per heavy atom. The fourth-order valence-corrected chi connectivity index (χ4v) is 1.80. The Morgan fingerprint density at radius 1 is 1.06 bits per heavy atom. The number of rotatable bonds is 8. The van der Waals surface area contributed by atoms with E-state index in [4.69, 9.17) is 4.74 Å². The maximum absolute atomic E-state index is 11.6. The predicted molar refractivity (Wildman–Crippen MR) is 69.9 cm³/mol. The molecule has 0 aliphatic carbocycles. The van der Waals surface area contributed by atoms with Gasteiger partial charge in [-0.15, -0.1) is 0 Å². The summed E-state index contributed by atoms with van der Waals surface area (Å²) in [6.45, 7) is 8.10. The fourth-order valence-electron chi connectivity index (χ4n) is 1.80. The van der Waals surface area contributed by atoms with E-state index in [2.05, 4.69) is 6.92 Å². The zero-order chi connectivity index (χ0) is 12.8. The molecule has 1 aromatic carbocycles. The van der Waals surface area contributed by atoms with Crippen molar-refractivity contribution >= 4 is 5.69 Å². The van der Waals surface area contributed by atoms with Gasteiger partial charge in [0.15, 0.2) is 5.75 Å². The highest BCUT2D eigenvalue weighted by Crippen LogP contribution is 2.22. The second-order valence-corrected chi connectivity index (χ2v) is 4.12. The van der Waals surface area contributed by atoms with Gasteiger partial charge in [0.2, 0.25) is 0 Å². The highest BCUT2D eigenvalue weighted by Gasteiger charge is 2.26. The molecule has 1 aromatic rings. The van der Waals surface area contributed by atoms with Crippen LogP contribution in [0.15, 0.2) is 9.59 Å². The first-order chi connectivity index (χ1) is 8.17. The Labute approximate surface area is 102 Å². The van der Waals surface area contributed by atoms with E-state index in [1.165, 1.54) is 0 Å². The maximum atomic E-state index is 11.6. The molecule has 0 heterocycles.